The van der Waals surface area contributed by atoms with E-state index in [1.807, 2.05) is 54.6 Å². The Hall–Kier alpha value is -3.95. The average molecular weight is 581 g/mol. The van der Waals surface area contributed by atoms with E-state index in [0.29, 0.717) is 25.9 Å². The topological polar surface area (TPSA) is 115 Å². The molecule has 0 bridgehead atoms. The van der Waals surface area contributed by atoms with Crippen molar-refractivity contribution in [2.45, 2.75) is 38.1 Å². The smallest absolute Gasteiger partial charge is 0.407 e. The van der Waals surface area contributed by atoms with Gasteiger partial charge in [0.2, 0.25) is 11.8 Å². The fourth-order valence-corrected chi connectivity index (χ4v) is 5.29. The van der Waals surface area contributed by atoms with Crippen LogP contribution in [0.4, 0.5) is 9.59 Å². The molecule has 41 heavy (non-hydrogen) atoms. The molecule has 5 amide bonds. The first-order chi connectivity index (χ1) is 19.8. The van der Waals surface area contributed by atoms with Crippen molar-refractivity contribution in [3.63, 3.8) is 0 Å². The summed E-state index contributed by atoms with van der Waals surface area (Å²) >= 11 is 0. The third-order valence-corrected chi connectivity index (χ3v) is 7.43. The summed E-state index contributed by atoms with van der Waals surface area (Å²) in [6.07, 6.45) is 0.960. The lowest BCUT2D eigenvalue weighted by atomic mass is 10.0. The Morgan fingerprint density at radius 1 is 1.07 bits per heavy atom. The number of hydrazine groups is 1. The Bertz CT molecular complexity index is 1240. The number of piperazine rings is 1. The van der Waals surface area contributed by atoms with Crippen molar-refractivity contribution in [3.8, 4) is 0 Å². The minimum atomic E-state index is -0.783. The van der Waals surface area contributed by atoms with E-state index in [1.165, 1.54) is 11.1 Å². The number of carbonyl (C=O) groups excluding carboxylic acids is 4. The highest BCUT2D eigenvalue weighted by atomic mass is 31.0. The number of nitrogens with one attached hydrogen (secondary N) is 2. The molecule has 218 valence electrons. The molecule has 3 atom stereocenters. The maximum Gasteiger partial charge on any atom is 0.407 e. The van der Waals surface area contributed by atoms with Gasteiger partial charge in [-0.3, -0.25) is 9.59 Å². The summed E-state index contributed by atoms with van der Waals surface area (Å²) in [4.78, 5) is 55.7. The lowest BCUT2D eigenvalue weighted by molar-refractivity contribution is -0.188. The van der Waals surface area contributed by atoms with E-state index in [9.17, 15) is 19.2 Å². The van der Waals surface area contributed by atoms with Crippen LogP contribution in [0.3, 0.4) is 0 Å². The second-order valence-corrected chi connectivity index (χ2v) is 10.7. The fraction of sp³-hybridized carbons (Fsp3) is 0.379. The molecule has 11 nitrogen and oxygen atoms in total. The van der Waals surface area contributed by atoms with Crippen LogP contribution in [0.25, 0.3) is 0 Å². The zero-order valence-corrected chi connectivity index (χ0v) is 24.4. The molecule has 2 aliphatic rings. The molecule has 0 aliphatic carbocycles. The Balaban J connectivity index is 1.52. The van der Waals surface area contributed by atoms with Gasteiger partial charge in [-0.15, -0.1) is 9.24 Å². The molecular weight excluding hydrogens is 543 g/mol. The van der Waals surface area contributed by atoms with Gasteiger partial charge in [0.15, 0.2) is 0 Å². The maximum atomic E-state index is 13.8. The largest absolute Gasteiger partial charge is 0.445 e. The standard InChI is InChI=1S/C29H37N6O5P/c1-3-16-40-29(39)30-15-7-10-24-27(37)33(18-22-8-5-4-6-9-22)19-25-34(24)26(36)20-32(2)35(25)28(38)31-17-21-11-13-23(41)14-12-21/h3-6,8-9,11-14,24-25H,1,7,10,15-20,41H2,2H3,(H,30,39)(H,31,38)/t24-,25?/m0/s1. The van der Waals surface area contributed by atoms with Gasteiger partial charge in [0.1, 0.15) is 18.8 Å². The van der Waals surface area contributed by atoms with Crippen LogP contribution in [0.5, 0.6) is 0 Å². The van der Waals surface area contributed by atoms with Gasteiger partial charge in [-0.1, -0.05) is 67.3 Å². The lowest BCUT2D eigenvalue weighted by Crippen LogP contribution is -2.75. The number of nitrogens with zero attached hydrogens (tertiary/aromatic N) is 4. The molecule has 2 unspecified atom stereocenters. The van der Waals surface area contributed by atoms with Gasteiger partial charge in [0.05, 0.1) is 13.1 Å². The predicted molar refractivity (Wildman–Crippen MR) is 158 cm³/mol. The molecule has 0 aromatic heterocycles. The molecule has 2 fully saturated rings. The van der Waals surface area contributed by atoms with Crippen LogP contribution in [0.2, 0.25) is 0 Å². The molecule has 2 N–H and O–H groups in total. The van der Waals surface area contributed by atoms with Crippen molar-refractivity contribution >= 4 is 38.5 Å². The van der Waals surface area contributed by atoms with E-state index in [2.05, 4.69) is 26.5 Å². The van der Waals surface area contributed by atoms with E-state index < -0.39 is 18.3 Å². The third kappa shape index (κ3) is 7.62. The first-order valence-electron chi connectivity index (χ1n) is 13.6. The third-order valence-electron chi connectivity index (χ3n) is 7.04. The summed E-state index contributed by atoms with van der Waals surface area (Å²) in [5.74, 6) is -0.413. The molecule has 2 aromatic rings. The number of likely N-dealkylation sites (N-methyl/N-ethyl adjacent to an activating group) is 1. The van der Waals surface area contributed by atoms with Gasteiger partial charge in [0, 0.05) is 26.7 Å². The summed E-state index contributed by atoms with van der Waals surface area (Å²) in [5, 5.41) is 9.81. The molecule has 2 aromatic carbocycles. The van der Waals surface area contributed by atoms with Crippen LogP contribution in [-0.2, 0) is 27.4 Å². The molecule has 2 aliphatic heterocycles. The first-order valence-corrected chi connectivity index (χ1v) is 14.1. The number of benzene rings is 2. The number of hydrogen-bond acceptors (Lipinski definition) is 6. The van der Waals surface area contributed by atoms with Crippen LogP contribution < -0.4 is 15.9 Å². The predicted octanol–water partition coefficient (Wildman–Crippen LogP) is 1.82. The van der Waals surface area contributed by atoms with Crippen LogP contribution >= 0.6 is 9.24 Å². The number of urea groups is 1. The van der Waals surface area contributed by atoms with Gasteiger partial charge in [-0.25, -0.2) is 19.6 Å². The molecule has 0 spiro atoms. The Kier molecular flexibility index (Phi) is 10.3. The highest BCUT2D eigenvalue weighted by Gasteiger charge is 2.50. The lowest BCUT2D eigenvalue weighted by Gasteiger charge is -2.54. The van der Waals surface area contributed by atoms with Crippen molar-refractivity contribution < 1.29 is 23.9 Å². The van der Waals surface area contributed by atoms with E-state index in [0.717, 1.165) is 16.4 Å². The average Bonchev–Trinajstić information content (AvgIpc) is 2.96. The molecule has 2 saturated heterocycles. The first kappa shape index (κ1) is 30.0. The molecule has 0 saturated carbocycles. The molecule has 4 rings (SSSR count). The van der Waals surface area contributed by atoms with Crippen LogP contribution in [0, 0.1) is 0 Å². The normalized spacial score (nSPS) is 19.0. The summed E-state index contributed by atoms with van der Waals surface area (Å²) in [7, 11) is 4.33. The van der Waals surface area contributed by atoms with Gasteiger partial charge in [0.25, 0.3) is 0 Å². The zero-order valence-electron chi connectivity index (χ0n) is 23.2. The maximum absolute atomic E-state index is 13.8. The SMILES string of the molecule is C=CCOC(=O)NCCC[C@H]1C(=O)N(Cc2ccccc2)CC2N1C(=O)CN(C)N2C(=O)NCc1ccc(P)cc1. The Labute approximate surface area is 242 Å². The van der Waals surface area contributed by atoms with Crippen LogP contribution in [-0.4, -0.2) is 89.3 Å². The molecular formula is C29H37N6O5P. The number of ether oxygens (including phenoxy) is 1. The van der Waals surface area contributed by atoms with Crippen molar-refractivity contribution in [1.82, 2.24) is 30.5 Å². The Morgan fingerprint density at radius 2 is 1.80 bits per heavy atom. The molecule has 2 heterocycles. The number of alkyl carbamates (subject to hydrolysis) is 1. The van der Waals surface area contributed by atoms with Crippen LogP contribution in [0.15, 0.2) is 67.3 Å². The minimum absolute atomic E-state index is 0.0414. The summed E-state index contributed by atoms with van der Waals surface area (Å²) < 4.78 is 4.94. The van der Waals surface area contributed by atoms with Crippen molar-refractivity contribution in [3.05, 3.63) is 78.4 Å². The zero-order chi connectivity index (χ0) is 29.4. The highest BCUT2D eigenvalue weighted by Crippen LogP contribution is 2.28. The second kappa shape index (κ2) is 14.1. The molecule has 0 radical (unpaired) electrons. The number of hydrogen-bond donors (Lipinski definition) is 2. The van der Waals surface area contributed by atoms with E-state index in [1.54, 1.807) is 21.9 Å². The quantitative estimate of drug-likeness (QED) is 0.252. The van der Waals surface area contributed by atoms with E-state index in [-0.39, 0.29) is 44.1 Å². The number of rotatable bonds is 10. The van der Waals surface area contributed by atoms with Crippen molar-refractivity contribution in [2.24, 2.45) is 0 Å². The van der Waals surface area contributed by atoms with Gasteiger partial charge in [-0.2, -0.15) is 0 Å². The number of amides is 5. The van der Waals surface area contributed by atoms with Crippen molar-refractivity contribution in [1.29, 1.82) is 0 Å². The van der Waals surface area contributed by atoms with Crippen molar-refractivity contribution in [2.75, 3.05) is 33.3 Å². The van der Waals surface area contributed by atoms with Crippen LogP contribution in [0.1, 0.15) is 24.0 Å². The van der Waals surface area contributed by atoms with E-state index in [4.69, 9.17) is 4.74 Å². The second-order valence-electron chi connectivity index (χ2n) is 10.0. The Morgan fingerprint density at radius 3 is 2.51 bits per heavy atom. The summed E-state index contributed by atoms with van der Waals surface area (Å²) in [6, 6.07) is 16.3. The molecule has 12 heteroatoms. The number of fused-ring (bicyclic) bond motifs is 1. The monoisotopic (exact) mass is 580 g/mol. The van der Waals surface area contributed by atoms with Gasteiger partial charge >= 0.3 is 12.1 Å². The summed E-state index contributed by atoms with van der Waals surface area (Å²) in [6.45, 7) is 4.67. The minimum Gasteiger partial charge on any atom is -0.445 e. The van der Waals surface area contributed by atoms with Gasteiger partial charge < -0.3 is 25.2 Å². The summed E-state index contributed by atoms with van der Waals surface area (Å²) in [5.41, 5.74) is 1.89. The van der Waals surface area contributed by atoms with Gasteiger partial charge in [-0.05, 0) is 29.3 Å². The highest BCUT2D eigenvalue weighted by molar-refractivity contribution is 7.27. The fourth-order valence-electron chi connectivity index (χ4n) is 5.09. The number of carbonyl (C=O) groups is 4. The van der Waals surface area contributed by atoms with E-state index >= 15 is 0 Å².